The average molecular weight is 381 g/mol. The van der Waals surface area contributed by atoms with Gasteiger partial charge in [-0.3, -0.25) is 4.79 Å². The zero-order chi connectivity index (χ0) is 19.9. The first kappa shape index (κ1) is 20.3. The first-order valence-electron chi connectivity index (χ1n) is 8.12. The molecule has 2 aromatic carbocycles. The fraction of sp³-hybridized carbons (Fsp3) is 0.263. The molecule has 0 spiro atoms. The van der Waals surface area contributed by atoms with Gasteiger partial charge in [0.05, 0.1) is 18.6 Å². The van der Waals surface area contributed by atoms with Crippen LogP contribution in [-0.2, 0) is 26.9 Å². The van der Waals surface area contributed by atoms with Crippen molar-refractivity contribution in [3.63, 3.8) is 0 Å². The van der Waals surface area contributed by atoms with E-state index in [4.69, 9.17) is 9.47 Å². The molecule has 144 valence electrons. The zero-order valence-electron chi connectivity index (χ0n) is 14.5. The molecule has 0 atom stereocenters. The third kappa shape index (κ3) is 6.65. The molecule has 0 saturated heterocycles. The van der Waals surface area contributed by atoms with Crippen LogP contribution in [-0.4, -0.2) is 25.1 Å². The summed E-state index contributed by atoms with van der Waals surface area (Å²) < 4.78 is 47.7. The molecule has 0 aliphatic rings. The number of hydrogen-bond acceptors (Lipinski definition) is 4. The van der Waals surface area contributed by atoms with Crippen molar-refractivity contribution in [2.24, 2.45) is 0 Å². The van der Waals surface area contributed by atoms with Gasteiger partial charge in [0.25, 0.3) is 0 Å². The highest BCUT2D eigenvalue weighted by atomic mass is 19.4. The van der Waals surface area contributed by atoms with E-state index in [1.54, 1.807) is 25.1 Å². The van der Waals surface area contributed by atoms with Crippen LogP contribution in [0.1, 0.15) is 18.1 Å². The molecule has 1 N–H and O–H groups in total. The molecule has 2 rings (SSSR count). The molecule has 8 heteroatoms. The van der Waals surface area contributed by atoms with E-state index in [0.29, 0.717) is 17.0 Å². The number of ether oxygens (including phenoxy) is 2. The Labute approximate surface area is 154 Å². The Kier molecular flexibility index (Phi) is 6.81. The summed E-state index contributed by atoms with van der Waals surface area (Å²) in [6, 6.07) is 10.8. The monoisotopic (exact) mass is 381 g/mol. The summed E-state index contributed by atoms with van der Waals surface area (Å²) in [7, 11) is 0. The molecule has 5 nitrogen and oxygen atoms in total. The summed E-state index contributed by atoms with van der Waals surface area (Å²) in [5.74, 6) is -0.526. The first-order valence-corrected chi connectivity index (χ1v) is 8.12. The largest absolute Gasteiger partial charge is 0.482 e. The normalized spacial score (nSPS) is 11.0. The van der Waals surface area contributed by atoms with Gasteiger partial charge in [-0.15, -0.1) is 0 Å². The maximum Gasteiger partial charge on any atom is 0.416 e. The number of alkyl halides is 3. The van der Waals surface area contributed by atoms with E-state index in [-0.39, 0.29) is 19.6 Å². The lowest BCUT2D eigenvalue weighted by molar-refractivity contribution is -0.145. The number of amides is 1. The van der Waals surface area contributed by atoms with E-state index >= 15 is 0 Å². The molecular formula is C19H18F3NO4. The lowest BCUT2D eigenvalue weighted by Gasteiger charge is -2.10. The minimum Gasteiger partial charge on any atom is -0.482 e. The summed E-state index contributed by atoms with van der Waals surface area (Å²) in [5, 5.41) is 2.63. The van der Waals surface area contributed by atoms with Crippen LogP contribution < -0.4 is 10.1 Å². The van der Waals surface area contributed by atoms with Gasteiger partial charge in [0.15, 0.2) is 6.61 Å². The van der Waals surface area contributed by atoms with E-state index < -0.39 is 23.6 Å². The first-order chi connectivity index (χ1) is 12.8. The molecule has 0 heterocycles. The third-order valence-electron chi connectivity index (χ3n) is 3.43. The van der Waals surface area contributed by atoms with Crippen molar-refractivity contribution in [1.82, 2.24) is 0 Å². The molecule has 0 bridgehead atoms. The number of carbonyl (C=O) groups excluding carboxylic acids is 2. The predicted octanol–water partition coefficient (Wildman–Crippen LogP) is 3.83. The van der Waals surface area contributed by atoms with Gasteiger partial charge in [-0.05, 0) is 36.8 Å². The Bertz CT molecular complexity index is 788. The summed E-state index contributed by atoms with van der Waals surface area (Å²) in [6.45, 7) is 1.68. The summed E-state index contributed by atoms with van der Waals surface area (Å²) in [6.07, 6.45) is -4.49. The van der Waals surface area contributed by atoms with Crippen molar-refractivity contribution >= 4 is 17.6 Å². The van der Waals surface area contributed by atoms with Gasteiger partial charge in [0, 0.05) is 11.8 Å². The van der Waals surface area contributed by atoms with E-state index in [2.05, 4.69) is 5.32 Å². The molecule has 0 aromatic heterocycles. The van der Waals surface area contributed by atoms with Crippen molar-refractivity contribution in [2.75, 3.05) is 18.5 Å². The average Bonchev–Trinajstić information content (AvgIpc) is 2.60. The second-order valence-electron chi connectivity index (χ2n) is 5.54. The van der Waals surface area contributed by atoms with Crippen LogP contribution in [0.25, 0.3) is 0 Å². The van der Waals surface area contributed by atoms with Gasteiger partial charge in [-0.25, -0.2) is 4.79 Å². The predicted molar refractivity (Wildman–Crippen MR) is 92.3 cm³/mol. The summed E-state index contributed by atoms with van der Waals surface area (Å²) >= 11 is 0. The van der Waals surface area contributed by atoms with Crippen LogP contribution in [0.3, 0.4) is 0 Å². The van der Waals surface area contributed by atoms with Crippen LogP contribution in [0.4, 0.5) is 18.9 Å². The number of benzene rings is 2. The lowest BCUT2D eigenvalue weighted by Crippen LogP contribution is -2.16. The van der Waals surface area contributed by atoms with Crippen molar-refractivity contribution in [3.8, 4) is 5.75 Å². The molecule has 2 aromatic rings. The summed E-state index contributed by atoms with van der Waals surface area (Å²) in [5.41, 5.74) is 0.126. The SMILES string of the molecule is CCOC(=O)COc1cccc(NC(=O)Cc2ccc(C(F)(F)F)cc2)c1. The standard InChI is InChI=1S/C19H18F3NO4/c1-2-26-18(25)12-27-16-5-3-4-15(11-16)23-17(24)10-13-6-8-14(9-7-13)19(20,21)22/h3-9,11H,2,10,12H2,1H3,(H,23,24). The van der Waals surface area contributed by atoms with Crippen LogP contribution in [0.5, 0.6) is 5.75 Å². The van der Waals surface area contributed by atoms with Gasteiger partial charge >= 0.3 is 12.1 Å². The van der Waals surface area contributed by atoms with Gasteiger partial charge in [0.2, 0.25) is 5.91 Å². The van der Waals surface area contributed by atoms with Crippen LogP contribution in [0.15, 0.2) is 48.5 Å². The maximum atomic E-state index is 12.5. The highest BCUT2D eigenvalue weighted by molar-refractivity contribution is 5.92. The topological polar surface area (TPSA) is 64.6 Å². The van der Waals surface area contributed by atoms with Crippen molar-refractivity contribution in [1.29, 1.82) is 0 Å². The number of carbonyl (C=O) groups is 2. The van der Waals surface area contributed by atoms with E-state index in [9.17, 15) is 22.8 Å². The molecule has 0 saturated carbocycles. The Hall–Kier alpha value is -3.03. The number of anilines is 1. The molecule has 0 radical (unpaired) electrons. The van der Waals surface area contributed by atoms with E-state index in [0.717, 1.165) is 12.1 Å². The molecule has 0 fully saturated rings. The third-order valence-corrected chi connectivity index (χ3v) is 3.43. The highest BCUT2D eigenvalue weighted by Crippen LogP contribution is 2.29. The molecule has 1 amide bonds. The van der Waals surface area contributed by atoms with E-state index in [1.165, 1.54) is 18.2 Å². The van der Waals surface area contributed by atoms with Crippen molar-refractivity contribution < 1.29 is 32.2 Å². The van der Waals surface area contributed by atoms with Gasteiger partial charge in [-0.2, -0.15) is 13.2 Å². The fourth-order valence-corrected chi connectivity index (χ4v) is 2.21. The number of esters is 1. The van der Waals surface area contributed by atoms with Crippen molar-refractivity contribution in [2.45, 2.75) is 19.5 Å². The Balaban J connectivity index is 1.92. The number of rotatable bonds is 7. The minimum atomic E-state index is -4.41. The van der Waals surface area contributed by atoms with Crippen LogP contribution in [0.2, 0.25) is 0 Å². The van der Waals surface area contributed by atoms with Crippen LogP contribution >= 0.6 is 0 Å². The maximum absolute atomic E-state index is 12.5. The molecule has 27 heavy (non-hydrogen) atoms. The Morgan fingerprint density at radius 2 is 1.78 bits per heavy atom. The Morgan fingerprint density at radius 3 is 2.41 bits per heavy atom. The van der Waals surface area contributed by atoms with Crippen molar-refractivity contribution in [3.05, 3.63) is 59.7 Å². The van der Waals surface area contributed by atoms with E-state index in [1.807, 2.05) is 0 Å². The fourth-order valence-electron chi connectivity index (χ4n) is 2.21. The second kappa shape index (κ2) is 9.07. The Morgan fingerprint density at radius 1 is 1.07 bits per heavy atom. The van der Waals surface area contributed by atoms with Gasteiger partial charge in [-0.1, -0.05) is 18.2 Å². The molecule has 0 aliphatic carbocycles. The quantitative estimate of drug-likeness (QED) is 0.741. The molecule has 0 unspecified atom stereocenters. The second-order valence-corrected chi connectivity index (χ2v) is 5.54. The number of hydrogen-bond donors (Lipinski definition) is 1. The molecular weight excluding hydrogens is 363 g/mol. The van der Waals surface area contributed by atoms with Gasteiger partial charge in [0.1, 0.15) is 5.75 Å². The highest BCUT2D eigenvalue weighted by Gasteiger charge is 2.29. The number of nitrogens with one attached hydrogen (secondary N) is 1. The lowest BCUT2D eigenvalue weighted by atomic mass is 10.1. The van der Waals surface area contributed by atoms with Crippen LogP contribution in [0, 0.1) is 0 Å². The summed E-state index contributed by atoms with van der Waals surface area (Å²) in [4.78, 5) is 23.4. The number of halogens is 3. The smallest absolute Gasteiger partial charge is 0.416 e. The molecule has 0 aliphatic heterocycles. The minimum absolute atomic E-state index is 0.0773. The zero-order valence-corrected chi connectivity index (χ0v) is 14.5. The van der Waals surface area contributed by atoms with Gasteiger partial charge < -0.3 is 14.8 Å².